The molecule has 0 saturated heterocycles. The summed E-state index contributed by atoms with van der Waals surface area (Å²) < 4.78 is 1.78. The van der Waals surface area contributed by atoms with Crippen molar-refractivity contribution in [2.75, 3.05) is 19.9 Å². The van der Waals surface area contributed by atoms with Crippen molar-refractivity contribution >= 4 is 28.3 Å². The standard InChI is InChI=1S/C20H21ClN4O/c1-24(2)13-6-8-18-16(11-13)15-10-12(5-7-17(15)25(18)22)19(26)14-4-3-9-23-20(14)21/h3-5,7,9-10,13H,6,8,11,22H2,1-2H3. The van der Waals surface area contributed by atoms with E-state index in [2.05, 4.69) is 24.0 Å². The van der Waals surface area contributed by atoms with Crippen molar-refractivity contribution in [1.82, 2.24) is 14.6 Å². The van der Waals surface area contributed by atoms with Gasteiger partial charge in [-0.15, -0.1) is 0 Å². The van der Waals surface area contributed by atoms with Crippen LogP contribution in [-0.4, -0.2) is 40.5 Å². The molecule has 0 fully saturated rings. The molecule has 4 rings (SSSR count). The van der Waals surface area contributed by atoms with Gasteiger partial charge in [0.25, 0.3) is 0 Å². The summed E-state index contributed by atoms with van der Waals surface area (Å²) in [7, 11) is 4.22. The fourth-order valence-corrected chi connectivity index (χ4v) is 4.07. The third kappa shape index (κ3) is 2.68. The first-order valence-electron chi connectivity index (χ1n) is 8.70. The normalized spacial score (nSPS) is 16.8. The lowest BCUT2D eigenvalue weighted by Gasteiger charge is -2.28. The second-order valence-electron chi connectivity index (χ2n) is 7.06. The number of hydrogen-bond acceptors (Lipinski definition) is 4. The van der Waals surface area contributed by atoms with E-state index in [1.165, 1.54) is 11.3 Å². The third-order valence-electron chi connectivity index (χ3n) is 5.37. The first-order chi connectivity index (χ1) is 12.5. The van der Waals surface area contributed by atoms with Gasteiger partial charge in [0.1, 0.15) is 5.15 Å². The molecule has 1 aliphatic carbocycles. The number of nitrogens with two attached hydrogens (primary N) is 1. The van der Waals surface area contributed by atoms with Crippen LogP contribution in [0.2, 0.25) is 5.15 Å². The van der Waals surface area contributed by atoms with Crippen LogP contribution in [0.3, 0.4) is 0 Å². The number of ketones is 1. The molecule has 6 heteroatoms. The van der Waals surface area contributed by atoms with Crippen molar-refractivity contribution in [2.24, 2.45) is 0 Å². The number of likely N-dealkylation sites (N-methyl/N-ethyl adjacent to an activating group) is 1. The van der Waals surface area contributed by atoms with Gasteiger partial charge in [-0.1, -0.05) is 11.6 Å². The molecule has 1 aromatic carbocycles. The van der Waals surface area contributed by atoms with Crippen LogP contribution in [0.5, 0.6) is 0 Å². The third-order valence-corrected chi connectivity index (χ3v) is 5.67. The molecule has 0 radical (unpaired) electrons. The summed E-state index contributed by atoms with van der Waals surface area (Å²) in [6.07, 6.45) is 4.55. The molecular formula is C20H21ClN4O. The van der Waals surface area contributed by atoms with Gasteiger partial charge >= 0.3 is 0 Å². The number of rotatable bonds is 3. The number of pyridine rings is 1. The molecule has 2 heterocycles. The molecular weight excluding hydrogens is 348 g/mol. The summed E-state index contributed by atoms with van der Waals surface area (Å²) >= 11 is 6.10. The Morgan fingerprint density at radius 1 is 1.35 bits per heavy atom. The Kier molecular flexibility index (Phi) is 4.21. The Bertz CT molecular complexity index is 1010. The molecule has 26 heavy (non-hydrogen) atoms. The zero-order chi connectivity index (χ0) is 18.4. The van der Waals surface area contributed by atoms with Crippen LogP contribution in [0.4, 0.5) is 0 Å². The largest absolute Gasteiger partial charge is 0.339 e. The highest BCUT2D eigenvalue weighted by Crippen LogP contribution is 2.33. The molecule has 2 N–H and O–H groups in total. The zero-order valence-corrected chi connectivity index (χ0v) is 15.6. The van der Waals surface area contributed by atoms with E-state index in [-0.39, 0.29) is 10.9 Å². The van der Waals surface area contributed by atoms with Crippen molar-refractivity contribution in [3.63, 3.8) is 0 Å². The lowest BCUT2D eigenvalue weighted by Crippen LogP contribution is -2.34. The second kappa shape index (κ2) is 6.41. The SMILES string of the molecule is CN(C)C1CCc2c(c3cc(C(=O)c4cccnc4Cl)ccc3n2N)C1. The number of halogens is 1. The minimum Gasteiger partial charge on any atom is -0.339 e. The van der Waals surface area contributed by atoms with E-state index in [0.29, 0.717) is 17.2 Å². The van der Waals surface area contributed by atoms with E-state index >= 15 is 0 Å². The molecule has 134 valence electrons. The molecule has 0 spiro atoms. The Balaban J connectivity index is 1.82. The van der Waals surface area contributed by atoms with Crippen LogP contribution < -0.4 is 5.84 Å². The Morgan fingerprint density at radius 3 is 2.88 bits per heavy atom. The van der Waals surface area contributed by atoms with Crippen LogP contribution in [0.1, 0.15) is 33.6 Å². The minimum absolute atomic E-state index is 0.122. The van der Waals surface area contributed by atoms with E-state index in [4.69, 9.17) is 17.4 Å². The van der Waals surface area contributed by atoms with E-state index < -0.39 is 0 Å². The maximum atomic E-state index is 12.9. The van der Waals surface area contributed by atoms with Crippen LogP contribution in [0.15, 0.2) is 36.5 Å². The molecule has 0 saturated carbocycles. The van der Waals surface area contributed by atoms with Gasteiger partial charge < -0.3 is 10.7 Å². The van der Waals surface area contributed by atoms with Crippen molar-refractivity contribution in [1.29, 1.82) is 0 Å². The summed E-state index contributed by atoms with van der Waals surface area (Å²) in [4.78, 5) is 19.2. The van der Waals surface area contributed by atoms with Gasteiger partial charge in [0.2, 0.25) is 0 Å². The van der Waals surface area contributed by atoms with Crippen LogP contribution in [0.25, 0.3) is 10.9 Å². The number of nitrogens with zero attached hydrogens (tertiary/aromatic N) is 3. The summed E-state index contributed by atoms with van der Waals surface area (Å²) in [5, 5.41) is 1.28. The van der Waals surface area contributed by atoms with Gasteiger partial charge in [-0.25, -0.2) is 4.98 Å². The first-order valence-corrected chi connectivity index (χ1v) is 9.08. The highest BCUT2D eigenvalue weighted by atomic mass is 35.5. The summed E-state index contributed by atoms with van der Waals surface area (Å²) in [5.74, 6) is 6.21. The van der Waals surface area contributed by atoms with Crippen molar-refractivity contribution in [2.45, 2.75) is 25.3 Å². The van der Waals surface area contributed by atoms with Gasteiger partial charge in [0.15, 0.2) is 5.78 Å². The molecule has 5 nitrogen and oxygen atoms in total. The summed E-state index contributed by atoms with van der Waals surface area (Å²) in [6.45, 7) is 0. The molecule has 2 aromatic heterocycles. The molecule has 0 aliphatic heterocycles. The Hall–Kier alpha value is -2.37. The second-order valence-corrected chi connectivity index (χ2v) is 7.42. The fourth-order valence-electron chi connectivity index (χ4n) is 3.87. The Morgan fingerprint density at radius 2 is 2.15 bits per heavy atom. The van der Waals surface area contributed by atoms with Crippen LogP contribution in [0, 0.1) is 0 Å². The number of carbonyl (C=O) groups excluding carboxylic acids is 1. The average Bonchev–Trinajstić information content (AvgIpc) is 2.93. The van der Waals surface area contributed by atoms with E-state index in [1.807, 2.05) is 18.2 Å². The lowest BCUT2D eigenvalue weighted by atomic mass is 9.90. The van der Waals surface area contributed by atoms with Gasteiger partial charge in [0.05, 0.1) is 11.1 Å². The number of hydrogen-bond donors (Lipinski definition) is 1. The highest BCUT2D eigenvalue weighted by Gasteiger charge is 2.26. The molecule has 1 unspecified atom stereocenters. The zero-order valence-electron chi connectivity index (χ0n) is 14.9. The average molecular weight is 369 g/mol. The van der Waals surface area contributed by atoms with E-state index in [0.717, 1.165) is 30.2 Å². The molecule has 1 aliphatic rings. The summed E-state index contributed by atoms with van der Waals surface area (Å²) in [6, 6.07) is 9.59. The molecule has 1 atom stereocenters. The van der Waals surface area contributed by atoms with E-state index in [9.17, 15) is 4.79 Å². The van der Waals surface area contributed by atoms with Crippen LogP contribution >= 0.6 is 11.6 Å². The number of fused-ring (bicyclic) bond motifs is 3. The number of nitrogen functional groups attached to an aromatic ring is 1. The topological polar surface area (TPSA) is 64.2 Å². The quantitative estimate of drug-likeness (QED) is 0.438. The predicted molar refractivity (Wildman–Crippen MR) is 104 cm³/mol. The number of benzene rings is 1. The fraction of sp³-hybridized carbons (Fsp3) is 0.300. The number of carbonyl (C=O) groups is 1. The van der Waals surface area contributed by atoms with Gasteiger partial charge in [-0.2, -0.15) is 0 Å². The minimum atomic E-state index is -0.122. The predicted octanol–water partition coefficient (Wildman–Crippen LogP) is 3.05. The monoisotopic (exact) mass is 368 g/mol. The lowest BCUT2D eigenvalue weighted by molar-refractivity contribution is 0.103. The van der Waals surface area contributed by atoms with E-state index in [1.54, 1.807) is 23.0 Å². The first kappa shape index (κ1) is 17.1. The highest BCUT2D eigenvalue weighted by molar-refractivity contribution is 6.33. The number of aromatic nitrogens is 2. The Labute approximate surface area is 157 Å². The smallest absolute Gasteiger partial charge is 0.196 e. The van der Waals surface area contributed by atoms with Gasteiger partial charge in [-0.05, 0) is 69.3 Å². The van der Waals surface area contributed by atoms with Crippen molar-refractivity contribution in [3.05, 3.63) is 64.1 Å². The molecule has 0 amide bonds. The molecule has 0 bridgehead atoms. The van der Waals surface area contributed by atoms with Crippen LogP contribution in [-0.2, 0) is 12.8 Å². The maximum Gasteiger partial charge on any atom is 0.196 e. The van der Waals surface area contributed by atoms with Crippen molar-refractivity contribution < 1.29 is 4.79 Å². The summed E-state index contributed by atoms with van der Waals surface area (Å²) in [5.41, 5.74) is 4.40. The van der Waals surface area contributed by atoms with Crippen molar-refractivity contribution in [3.8, 4) is 0 Å². The van der Waals surface area contributed by atoms with Gasteiger partial charge in [-0.3, -0.25) is 9.47 Å². The van der Waals surface area contributed by atoms with Gasteiger partial charge in [0, 0.05) is 28.9 Å². The molecule has 3 aromatic rings. The maximum absolute atomic E-state index is 12.9.